The Morgan fingerprint density at radius 3 is 2.59 bits per heavy atom. The summed E-state index contributed by atoms with van der Waals surface area (Å²) in [6, 6.07) is 12.4. The fourth-order valence-electron chi connectivity index (χ4n) is 3.25. The zero-order valence-electron chi connectivity index (χ0n) is 15.6. The van der Waals surface area contributed by atoms with Crippen molar-refractivity contribution in [3.63, 3.8) is 0 Å². The van der Waals surface area contributed by atoms with Crippen LogP contribution in [0.3, 0.4) is 0 Å². The molecule has 0 atom stereocenters. The van der Waals surface area contributed by atoms with E-state index < -0.39 is 0 Å². The highest BCUT2D eigenvalue weighted by molar-refractivity contribution is 5.58. The Bertz CT molecular complexity index is 894. The van der Waals surface area contributed by atoms with Gasteiger partial charge in [0.2, 0.25) is 5.95 Å². The van der Waals surface area contributed by atoms with E-state index in [0.29, 0.717) is 0 Å². The molecule has 0 spiro atoms. The molecule has 27 heavy (non-hydrogen) atoms. The third-order valence-electron chi connectivity index (χ3n) is 4.77. The lowest BCUT2D eigenvalue weighted by Gasteiger charge is -2.34. The summed E-state index contributed by atoms with van der Waals surface area (Å²) in [7, 11) is 1.91. The zero-order chi connectivity index (χ0) is 18.5. The molecule has 3 aromatic rings. The fourth-order valence-corrected chi connectivity index (χ4v) is 3.25. The smallest absolute Gasteiger partial charge is 0.225 e. The number of nitrogens with zero attached hydrogens (tertiary/aromatic N) is 6. The van der Waals surface area contributed by atoms with Crippen molar-refractivity contribution in [2.45, 2.75) is 0 Å². The van der Waals surface area contributed by atoms with Gasteiger partial charge in [-0.25, -0.2) is 9.97 Å². The van der Waals surface area contributed by atoms with Crippen molar-refractivity contribution < 1.29 is 0 Å². The summed E-state index contributed by atoms with van der Waals surface area (Å²) in [5.74, 6) is 0.802. The molecule has 6 heteroatoms. The van der Waals surface area contributed by atoms with Crippen molar-refractivity contribution in [3.8, 4) is 11.3 Å². The number of benzene rings is 1. The van der Waals surface area contributed by atoms with Crippen molar-refractivity contribution >= 4 is 12.0 Å². The number of aryl methyl sites for hydroxylation is 1. The maximum Gasteiger partial charge on any atom is 0.225 e. The van der Waals surface area contributed by atoms with Gasteiger partial charge >= 0.3 is 0 Å². The molecule has 0 aliphatic carbocycles. The minimum absolute atomic E-state index is 0.802. The van der Waals surface area contributed by atoms with Crippen LogP contribution < -0.4 is 4.90 Å². The largest absolute Gasteiger partial charge is 0.338 e. The van der Waals surface area contributed by atoms with Gasteiger partial charge in [0, 0.05) is 57.7 Å². The van der Waals surface area contributed by atoms with Crippen LogP contribution in [0, 0.1) is 0 Å². The predicted octanol–water partition coefficient (Wildman–Crippen LogP) is 2.71. The monoisotopic (exact) mass is 360 g/mol. The number of rotatable bonds is 5. The zero-order valence-corrected chi connectivity index (χ0v) is 15.6. The Labute approximate surface area is 159 Å². The number of aromatic nitrogens is 4. The maximum atomic E-state index is 4.74. The molecule has 6 nitrogen and oxygen atoms in total. The van der Waals surface area contributed by atoms with E-state index in [9.17, 15) is 0 Å². The second kappa shape index (κ2) is 8.14. The molecule has 2 aromatic heterocycles. The number of piperazine rings is 1. The molecule has 0 radical (unpaired) electrons. The third kappa shape index (κ3) is 4.41. The third-order valence-corrected chi connectivity index (χ3v) is 4.77. The van der Waals surface area contributed by atoms with E-state index in [1.807, 2.05) is 37.8 Å². The standard InChI is InChI=1S/C21H24N6/c1-25-17-19(16-23-25)20-9-10-22-21(24-20)27-14-12-26(13-15-27)11-5-8-18-6-3-2-4-7-18/h2-10,16-17H,11-15H2,1H3/b8-5+. The topological polar surface area (TPSA) is 50.1 Å². The molecule has 1 aliphatic rings. The summed E-state index contributed by atoms with van der Waals surface area (Å²) in [6.45, 7) is 4.88. The Morgan fingerprint density at radius 2 is 1.85 bits per heavy atom. The summed E-state index contributed by atoms with van der Waals surface area (Å²) in [6.07, 6.45) is 10.1. The van der Waals surface area contributed by atoms with Crippen LogP contribution in [0.2, 0.25) is 0 Å². The van der Waals surface area contributed by atoms with Crippen molar-refractivity contribution in [2.75, 3.05) is 37.6 Å². The lowest BCUT2D eigenvalue weighted by molar-refractivity contribution is 0.283. The predicted molar refractivity (Wildman–Crippen MR) is 108 cm³/mol. The van der Waals surface area contributed by atoms with E-state index in [0.717, 1.165) is 49.9 Å². The molecule has 3 heterocycles. The first kappa shape index (κ1) is 17.4. The average molecular weight is 360 g/mol. The molecule has 1 saturated heterocycles. The van der Waals surface area contributed by atoms with E-state index in [2.05, 4.69) is 56.3 Å². The van der Waals surface area contributed by atoms with Crippen LogP contribution in [-0.2, 0) is 7.05 Å². The van der Waals surface area contributed by atoms with Gasteiger partial charge in [-0.05, 0) is 11.6 Å². The van der Waals surface area contributed by atoms with Crippen LogP contribution in [0.15, 0.2) is 61.1 Å². The summed E-state index contributed by atoms with van der Waals surface area (Å²) in [5.41, 5.74) is 3.18. The molecule has 1 aromatic carbocycles. The van der Waals surface area contributed by atoms with Gasteiger partial charge in [0.1, 0.15) is 0 Å². The van der Waals surface area contributed by atoms with E-state index >= 15 is 0 Å². The first-order valence-electron chi connectivity index (χ1n) is 9.29. The van der Waals surface area contributed by atoms with Crippen LogP contribution in [0.25, 0.3) is 17.3 Å². The Morgan fingerprint density at radius 1 is 1.04 bits per heavy atom. The molecule has 138 valence electrons. The van der Waals surface area contributed by atoms with Crippen LogP contribution >= 0.6 is 0 Å². The number of hydrogen-bond acceptors (Lipinski definition) is 5. The molecule has 0 bridgehead atoms. The van der Waals surface area contributed by atoms with Crippen LogP contribution in [0.4, 0.5) is 5.95 Å². The van der Waals surface area contributed by atoms with Gasteiger partial charge in [0.05, 0.1) is 11.9 Å². The van der Waals surface area contributed by atoms with Gasteiger partial charge in [0.25, 0.3) is 0 Å². The highest BCUT2D eigenvalue weighted by Gasteiger charge is 2.18. The summed E-state index contributed by atoms with van der Waals surface area (Å²) in [4.78, 5) is 13.9. The van der Waals surface area contributed by atoms with Gasteiger partial charge in [-0.2, -0.15) is 5.10 Å². The van der Waals surface area contributed by atoms with Gasteiger partial charge in [-0.15, -0.1) is 0 Å². The minimum Gasteiger partial charge on any atom is -0.338 e. The van der Waals surface area contributed by atoms with Gasteiger partial charge in [-0.3, -0.25) is 9.58 Å². The maximum absolute atomic E-state index is 4.74. The fraction of sp³-hybridized carbons (Fsp3) is 0.286. The van der Waals surface area contributed by atoms with Crippen molar-refractivity contribution in [2.24, 2.45) is 7.05 Å². The first-order valence-corrected chi connectivity index (χ1v) is 9.29. The van der Waals surface area contributed by atoms with Crippen LogP contribution in [0.1, 0.15) is 5.56 Å². The van der Waals surface area contributed by atoms with Crippen LogP contribution in [0.5, 0.6) is 0 Å². The Hall–Kier alpha value is -2.99. The number of anilines is 1. The van der Waals surface area contributed by atoms with Gasteiger partial charge in [-0.1, -0.05) is 42.5 Å². The van der Waals surface area contributed by atoms with Crippen LogP contribution in [-0.4, -0.2) is 57.4 Å². The highest BCUT2D eigenvalue weighted by Crippen LogP contribution is 2.19. The molecule has 1 fully saturated rings. The molecule has 0 amide bonds. The second-order valence-electron chi connectivity index (χ2n) is 6.75. The average Bonchev–Trinajstić information content (AvgIpc) is 3.16. The summed E-state index contributed by atoms with van der Waals surface area (Å²) >= 11 is 0. The van der Waals surface area contributed by atoms with E-state index in [1.54, 1.807) is 4.68 Å². The van der Waals surface area contributed by atoms with Crippen molar-refractivity contribution in [1.29, 1.82) is 0 Å². The number of hydrogen-bond donors (Lipinski definition) is 0. The molecule has 0 saturated carbocycles. The SMILES string of the molecule is Cn1cc(-c2ccnc(N3CCN(C/C=C/c4ccccc4)CC3)n2)cn1. The highest BCUT2D eigenvalue weighted by atomic mass is 15.3. The quantitative estimate of drug-likeness (QED) is 0.700. The van der Waals surface area contributed by atoms with Gasteiger partial charge in [0.15, 0.2) is 0 Å². The summed E-state index contributed by atoms with van der Waals surface area (Å²) in [5, 5.41) is 4.23. The molecule has 1 aliphatic heterocycles. The Balaban J connectivity index is 1.33. The lowest BCUT2D eigenvalue weighted by atomic mass is 10.2. The van der Waals surface area contributed by atoms with E-state index in [1.165, 1.54) is 5.56 Å². The Kier molecular flexibility index (Phi) is 5.25. The van der Waals surface area contributed by atoms with E-state index in [-0.39, 0.29) is 0 Å². The first-order chi connectivity index (χ1) is 13.3. The lowest BCUT2D eigenvalue weighted by Crippen LogP contribution is -2.46. The van der Waals surface area contributed by atoms with E-state index in [4.69, 9.17) is 4.98 Å². The molecular formula is C21H24N6. The van der Waals surface area contributed by atoms with Crippen molar-refractivity contribution in [3.05, 3.63) is 66.6 Å². The normalized spacial score (nSPS) is 15.5. The second-order valence-corrected chi connectivity index (χ2v) is 6.75. The van der Waals surface area contributed by atoms with Crippen molar-refractivity contribution in [1.82, 2.24) is 24.6 Å². The molecule has 0 N–H and O–H groups in total. The molecule has 0 unspecified atom stereocenters. The molecule has 4 rings (SSSR count). The van der Waals surface area contributed by atoms with Gasteiger partial charge < -0.3 is 4.90 Å². The molecular weight excluding hydrogens is 336 g/mol. The minimum atomic E-state index is 0.802. The summed E-state index contributed by atoms with van der Waals surface area (Å²) < 4.78 is 1.79.